The van der Waals surface area contributed by atoms with Crippen molar-refractivity contribution < 1.29 is 18.7 Å². The Morgan fingerprint density at radius 2 is 2.15 bits per heavy atom. The molecule has 1 aromatic heterocycles. The van der Waals surface area contributed by atoms with Crippen molar-refractivity contribution in [2.45, 2.75) is 19.4 Å². The molecule has 3 rings (SSSR count). The monoisotopic (exact) mass is 389 g/mol. The minimum atomic E-state index is -1.40. The van der Waals surface area contributed by atoms with Crippen molar-refractivity contribution in [1.82, 2.24) is 10.3 Å². The summed E-state index contributed by atoms with van der Waals surface area (Å²) in [6, 6.07) is 8.89. The van der Waals surface area contributed by atoms with Gasteiger partial charge in [0.05, 0.1) is 6.61 Å². The van der Waals surface area contributed by atoms with E-state index < -0.39 is 29.2 Å². The number of amidine groups is 1. The van der Waals surface area contributed by atoms with Crippen LogP contribution in [0, 0.1) is 11.7 Å². The highest BCUT2D eigenvalue weighted by molar-refractivity contribution is 6.31. The number of esters is 1. The molecule has 2 unspecified atom stereocenters. The summed E-state index contributed by atoms with van der Waals surface area (Å²) in [6.45, 7) is 3.34. The number of carbonyl (C=O) groups excluding carboxylic acids is 2. The molecule has 1 aliphatic rings. The highest BCUT2D eigenvalue weighted by Gasteiger charge is 2.51. The van der Waals surface area contributed by atoms with Crippen molar-refractivity contribution in [2.75, 3.05) is 6.61 Å². The van der Waals surface area contributed by atoms with Gasteiger partial charge in [-0.1, -0.05) is 23.7 Å². The van der Waals surface area contributed by atoms with Crippen LogP contribution in [0.4, 0.5) is 4.39 Å². The van der Waals surface area contributed by atoms with Gasteiger partial charge in [-0.15, -0.1) is 0 Å². The molecule has 6 nitrogen and oxygen atoms in total. The van der Waals surface area contributed by atoms with E-state index in [2.05, 4.69) is 15.3 Å². The third-order valence-electron chi connectivity index (χ3n) is 4.32. The summed E-state index contributed by atoms with van der Waals surface area (Å²) in [4.78, 5) is 34.1. The van der Waals surface area contributed by atoms with Crippen molar-refractivity contribution in [3.63, 3.8) is 0 Å². The number of aliphatic imine (C=N–C) groups is 1. The first-order valence-corrected chi connectivity index (χ1v) is 8.69. The van der Waals surface area contributed by atoms with Crippen LogP contribution in [0.3, 0.4) is 0 Å². The van der Waals surface area contributed by atoms with Crippen LogP contribution in [-0.4, -0.2) is 29.3 Å². The first kappa shape index (κ1) is 19.0. The topological polar surface area (TPSA) is 80.7 Å². The number of aromatic nitrogens is 1. The van der Waals surface area contributed by atoms with E-state index in [1.54, 1.807) is 38.2 Å². The Balaban J connectivity index is 2.20. The van der Waals surface area contributed by atoms with Crippen LogP contribution in [0.5, 0.6) is 0 Å². The fourth-order valence-electron chi connectivity index (χ4n) is 3.07. The number of pyridine rings is 1. The van der Waals surface area contributed by atoms with Gasteiger partial charge in [0, 0.05) is 11.2 Å². The number of rotatable bonds is 4. The summed E-state index contributed by atoms with van der Waals surface area (Å²) in [5.74, 6) is -2.94. The first-order chi connectivity index (χ1) is 12.9. The maximum atomic E-state index is 13.5. The second-order valence-electron chi connectivity index (χ2n) is 6.12. The minimum absolute atomic E-state index is 0.0608. The normalized spacial score (nSPS) is 22.0. The number of ether oxygens (including phenoxy) is 1. The van der Waals surface area contributed by atoms with Crippen LogP contribution in [0.2, 0.25) is 5.02 Å². The Kier molecular flexibility index (Phi) is 5.23. The Hall–Kier alpha value is -2.80. The van der Waals surface area contributed by atoms with Crippen LogP contribution in [0.1, 0.15) is 25.1 Å². The largest absolute Gasteiger partial charge is 0.465 e. The molecule has 2 aromatic rings. The van der Waals surface area contributed by atoms with Gasteiger partial charge in [-0.05, 0) is 43.7 Å². The number of nitrogens with one attached hydrogen (secondary N) is 1. The second-order valence-corrected chi connectivity index (χ2v) is 6.53. The van der Waals surface area contributed by atoms with Gasteiger partial charge in [0.25, 0.3) is 0 Å². The third-order valence-corrected chi connectivity index (χ3v) is 4.63. The van der Waals surface area contributed by atoms with E-state index >= 15 is 0 Å². The maximum absolute atomic E-state index is 13.5. The second kappa shape index (κ2) is 7.44. The van der Waals surface area contributed by atoms with E-state index in [1.807, 2.05) is 0 Å². The Morgan fingerprint density at radius 3 is 2.78 bits per heavy atom. The van der Waals surface area contributed by atoms with Gasteiger partial charge in [-0.2, -0.15) is 0 Å². The van der Waals surface area contributed by atoms with Crippen molar-refractivity contribution >= 4 is 29.3 Å². The van der Waals surface area contributed by atoms with E-state index in [9.17, 15) is 14.0 Å². The third kappa shape index (κ3) is 3.55. The fraction of sp³-hybridized carbons (Fsp3) is 0.263. The SMILES string of the molecule is CCOC(=O)C1C(=O)NC(c2ccccn2)=NC1(C)c1ccc(F)cc1Cl. The molecule has 27 heavy (non-hydrogen) atoms. The number of carbonyl (C=O) groups is 2. The number of hydrogen-bond acceptors (Lipinski definition) is 5. The van der Waals surface area contributed by atoms with Crippen LogP contribution in [0.25, 0.3) is 0 Å². The lowest BCUT2D eigenvalue weighted by Gasteiger charge is -2.37. The van der Waals surface area contributed by atoms with Crippen LogP contribution >= 0.6 is 11.6 Å². The molecular weight excluding hydrogens is 373 g/mol. The molecule has 8 heteroatoms. The lowest BCUT2D eigenvalue weighted by Crippen LogP contribution is -2.54. The average Bonchev–Trinajstić information content (AvgIpc) is 2.61. The van der Waals surface area contributed by atoms with Crippen molar-refractivity contribution in [1.29, 1.82) is 0 Å². The van der Waals surface area contributed by atoms with Gasteiger partial charge >= 0.3 is 5.97 Å². The zero-order chi connectivity index (χ0) is 19.6. The first-order valence-electron chi connectivity index (χ1n) is 8.31. The molecule has 0 saturated carbocycles. The molecule has 1 amide bonds. The van der Waals surface area contributed by atoms with Crippen LogP contribution in [0.15, 0.2) is 47.6 Å². The summed E-state index contributed by atoms with van der Waals surface area (Å²) in [7, 11) is 0. The number of halogens is 2. The average molecular weight is 390 g/mol. The molecule has 0 radical (unpaired) electrons. The van der Waals surface area contributed by atoms with Gasteiger partial charge < -0.3 is 10.1 Å². The Bertz CT molecular complexity index is 920. The van der Waals surface area contributed by atoms with Gasteiger partial charge in [0.2, 0.25) is 5.91 Å². The quantitative estimate of drug-likeness (QED) is 0.644. The molecule has 2 atom stereocenters. The summed E-state index contributed by atoms with van der Waals surface area (Å²) in [6.07, 6.45) is 1.56. The van der Waals surface area contributed by atoms with E-state index in [4.69, 9.17) is 16.3 Å². The molecule has 0 aliphatic carbocycles. The highest BCUT2D eigenvalue weighted by Crippen LogP contribution is 2.41. The number of amides is 1. The summed E-state index contributed by atoms with van der Waals surface area (Å²) in [5.41, 5.74) is -0.629. The van der Waals surface area contributed by atoms with E-state index in [1.165, 1.54) is 12.1 Å². The van der Waals surface area contributed by atoms with Gasteiger partial charge in [0.1, 0.15) is 17.1 Å². The van der Waals surface area contributed by atoms with Crippen LogP contribution in [-0.2, 0) is 19.9 Å². The van der Waals surface area contributed by atoms with Crippen molar-refractivity contribution in [3.8, 4) is 0 Å². The van der Waals surface area contributed by atoms with Gasteiger partial charge in [-0.3, -0.25) is 19.6 Å². The van der Waals surface area contributed by atoms with Crippen molar-refractivity contribution in [2.24, 2.45) is 10.9 Å². The molecule has 140 valence electrons. The van der Waals surface area contributed by atoms with Gasteiger partial charge in [-0.25, -0.2) is 4.39 Å². The lowest BCUT2D eigenvalue weighted by molar-refractivity contribution is -0.155. The lowest BCUT2D eigenvalue weighted by atomic mass is 9.78. The van der Waals surface area contributed by atoms with Crippen LogP contribution < -0.4 is 5.32 Å². The number of benzene rings is 1. The smallest absolute Gasteiger partial charge is 0.321 e. The summed E-state index contributed by atoms with van der Waals surface area (Å²) < 4.78 is 18.6. The molecule has 1 N–H and O–H groups in total. The molecule has 0 saturated heterocycles. The predicted molar refractivity (Wildman–Crippen MR) is 97.8 cm³/mol. The van der Waals surface area contributed by atoms with Crippen molar-refractivity contribution in [3.05, 3.63) is 64.7 Å². The highest BCUT2D eigenvalue weighted by atomic mass is 35.5. The Morgan fingerprint density at radius 1 is 1.37 bits per heavy atom. The molecule has 0 spiro atoms. The van der Waals surface area contributed by atoms with E-state index in [0.29, 0.717) is 11.3 Å². The Labute approximate surface area is 160 Å². The molecule has 0 bridgehead atoms. The van der Waals surface area contributed by atoms with E-state index in [0.717, 1.165) is 6.07 Å². The molecule has 1 aliphatic heterocycles. The fourth-order valence-corrected chi connectivity index (χ4v) is 3.43. The molecular formula is C19H17ClFN3O3. The van der Waals surface area contributed by atoms with E-state index in [-0.39, 0.29) is 17.5 Å². The maximum Gasteiger partial charge on any atom is 0.321 e. The molecule has 1 aromatic carbocycles. The minimum Gasteiger partial charge on any atom is -0.465 e. The summed E-state index contributed by atoms with van der Waals surface area (Å²) >= 11 is 6.23. The summed E-state index contributed by atoms with van der Waals surface area (Å²) in [5, 5.41) is 2.67. The molecule has 0 fully saturated rings. The standard InChI is InChI=1S/C19H17ClFN3O3/c1-3-27-18(26)15-17(25)23-16(14-6-4-5-9-22-14)24-19(15,2)12-8-7-11(21)10-13(12)20/h4-10,15H,3H2,1-2H3,(H,23,24,25). The number of nitrogens with zero attached hydrogens (tertiary/aromatic N) is 2. The zero-order valence-corrected chi connectivity index (χ0v) is 15.5. The molecule has 2 heterocycles. The van der Waals surface area contributed by atoms with Gasteiger partial charge in [0.15, 0.2) is 11.8 Å². The number of hydrogen-bond donors (Lipinski definition) is 1. The zero-order valence-electron chi connectivity index (χ0n) is 14.7. The predicted octanol–water partition coefficient (Wildman–Crippen LogP) is 2.85.